The number of morpholine rings is 1. The van der Waals surface area contributed by atoms with Crippen LogP contribution in [0.5, 0.6) is 0 Å². The molecule has 0 aromatic carbocycles. The van der Waals surface area contributed by atoms with Gasteiger partial charge in [-0.25, -0.2) is 19.2 Å². The number of quaternary nitrogens is 1. The number of hydrogen-bond acceptors (Lipinski definition) is 9. The molecule has 0 aliphatic carbocycles. The summed E-state index contributed by atoms with van der Waals surface area (Å²) < 4.78 is 24.3. The maximum atomic E-state index is 11.8. The van der Waals surface area contributed by atoms with Gasteiger partial charge in [-0.05, 0) is 0 Å². The first kappa shape index (κ1) is 25.6. The van der Waals surface area contributed by atoms with E-state index in [1.165, 1.54) is 14.2 Å². The van der Waals surface area contributed by atoms with Crippen LogP contribution in [0, 0.1) is 0 Å². The van der Waals surface area contributed by atoms with Crippen LogP contribution in [-0.4, -0.2) is 83.7 Å². The maximum Gasteiger partial charge on any atom is 0.331 e. The van der Waals surface area contributed by atoms with Crippen LogP contribution in [-0.2, 0) is 42.9 Å². The zero-order chi connectivity index (χ0) is 20.1. The maximum absolute atomic E-state index is 11.8. The Morgan fingerprint density at radius 3 is 1.96 bits per heavy atom. The fourth-order valence-electron chi connectivity index (χ4n) is 2.16. The molecule has 1 heterocycles. The van der Waals surface area contributed by atoms with Gasteiger partial charge in [0.05, 0.1) is 27.4 Å². The summed E-state index contributed by atoms with van der Waals surface area (Å²) in [5, 5.41) is 0. The average molecular weight is 424 g/mol. The van der Waals surface area contributed by atoms with Crippen LogP contribution in [0.25, 0.3) is 0 Å². The van der Waals surface area contributed by atoms with E-state index in [2.05, 4.69) is 9.47 Å². The molecule has 1 aliphatic rings. The van der Waals surface area contributed by atoms with Crippen LogP contribution in [0.1, 0.15) is 1.43 Å². The van der Waals surface area contributed by atoms with Gasteiger partial charge in [-0.15, -0.1) is 0 Å². The van der Waals surface area contributed by atoms with Crippen molar-refractivity contribution in [2.24, 2.45) is 0 Å². The quantitative estimate of drug-likeness (QED) is 0.221. The lowest BCUT2D eigenvalue weighted by molar-refractivity contribution is -0.910. The van der Waals surface area contributed by atoms with E-state index in [0.29, 0.717) is 19.8 Å². The second kappa shape index (κ2) is 14.6. The molecule has 160 valence electrons. The molecule has 1 N–H and O–H groups in total. The molecule has 0 bridgehead atoms. The van der Waals surface area contributed by atoms with Gasteiger partial charge in [-0.3, -0.25) is 0 Å². The molecular weight excluding hydrogens is 398 g/mol. The predicted octanol–water partition coefficient (Wildman–Crippen LogP) is -4.94. The Balaban J connectivity index is 0. The predicted molar refractivity (Wildman–Crippen MR) is 91.6 cm³/mol. The molecule has 10 nitrogen and oxygen atoms in total. The molecule has 0 aromatic rings. The molecule has 0 radical (unpaired) electrons. The van der Waals surface area contributed by atoms with Crippen molar-refractivity contribution < 1.29 is 61.6 Å². The standard InChI is InChI=1S/C17H23NO9.ClH.H2/c1-23-14(19)3-5-16(21)26-12-13(11-18-7-9-25-10-8-18)27-17(22)6-4-15(20)24-2;;/h3-6,13H,7-12H2,1-2H3;2*1H/b5-3+,6-4+;;. The number of hydrogen-bond donors (Lipinski definition) is 1. The van der Waals surface area contributed by atoms with E-state index in [9.17, 15) is 19.2 Å². The number of nitrogens with one attached hydrogen (secondary N) is 1. The molecule has 0 amide bonds. The second-order valence-corrected chi connectivity index (χ2v) is 5.47. The summed E-state index contributed by atoms with van der Waals surface area (Å²) >= 11 is 0. The smallest absolute Gasteiger partial charge is 0.331 e. The lowest BCUT2D eigenvalue weighted by Gasteiger charge is -2.27. The summed E-state index contributed by atoms with van der Waals surface area (Å²) in [5.74, 6) is -2.93. The highest BCUT2D eigenvalue weighted by Crippen LogP contribution is 1.97. The van der Waals surface area contributed by atoms with E-state index in [-0.39, 0.29) is 20.4 Å². The average Bonchev–Trinajstić information content (AvgIpc) is 2.68. The lowest BCUT2D eigenvalue weighted by atomic mass is 10.3. The van der Waals surface area contributed by atoms with Crippen molar-refractivity contribution in [2.45, 2.75) is 6.10 Å². The highest BCUT2D eigenvalue weighted by Gasteiger charge is 2.24. The van der Waals surface area contributed by atoms with E-state index in [0.717, 1.165) is 42.3 Å². The number of halogens is 1. The first-order valence-electron chi connectivity index (χ1n) is 8.25. The Morgan fingerprint density at radius 2 is 1.43 bits per heavy atom. The summed E-state index contributed by atoms with van der Waals surface area (Å²) in [6.07, 6.45) is 2.99. The molecule has 0 aromatic heterocycles. The molecule has 28 heavy (non-hydrogen) atoms. The first-order chi connectivity index (χ1) is 12.9. The van der Waals surface area contributed by atoms with Crippen molar-refractivity contribution in [1.82, 2.24) is 0 Å². The van der Waals surface area contributed by atoms with E-state index in [1.54, 1.807) is 0 Å². The van der Waals surface area contributed by atoms with Crippen LogP contribution in [0.15, 0.2) is 24.3 Å². The highest BCUT2D eigenvalue weighted by atomic mass is 35.5. The molecule has 1 rings (SSSR count). The number of carbonyl (C=O) groups is 4. The summed E-state index contributed by atoms with van der Waals surface area (Å²) in [5.41, 5.74) is 0. The Hall–Kier alpha value is -2.43. The van der Waals surface area contributed by atoms with Gasteiger partial charge in [0.15, 0.2) is 6.10 Å². The zero-order valence-corrected chi connectivity index (χ0v) is 16.4. The normalized spacial score (nSPS) is 15.5. The van der Waals surface area contributed by atoms with Gasteiger partial charge >= 0.3 is 23.9 Å². The van der Waals surface area contributed by atoms with E-state index < -0.39 is 30.0 Å². The Labute approximate surface area is 170 Å². The molecular formula is C17H26ClNO9. The van der Waals surface area contributed by atoms with Crippen molar-refractivity contribution in [1.29, 1.82) is 0 Å². The van der Waals surface area contributed by atoms with Gasteiger partial charge in [0.2, 0.25) is 0 Å². The third-order valence-electron chi connectivity index (χ3n) is 3.52. The van der Waals surface area contributed by atoms with E-state index in [1.807, 2.05) is 0 Å². The lowest BCUT2D eigenvalue weighted by Crippen LogP contribution is -3.15. The number of methoxy groups -OCH3 is 2. The van der Waals surface area contributed by atoms with Crippen molar-refractivity contribution in [3.63, 3.8) is 0 Å². The molecule has 0 saturated carbocycles. The third-order valence-corrected chi connectivity index (χ3v) is 3.52. The molecule has 1 atom stereocenters. The van der Waals surface area contributed by atoms with Gasteiger partial charge in [-0.2, -0.15) is 0 Å². The fraction of sp³-hybridized carbons (Fsp3) is 0.529. The van der Waals surface area contributed by atoms with Gasteiger partial charge in [-0.1, -0.05) is 0 Å². The Bertz CT molecular complexity index is 591. The first-order valence-corrected chi connectivity index (χ1v) is 8.25. The third kappa shape index (κ3) is 11.3. The SMILES string of the molecule is COC(=O)/C=C/C(=O)OCC(C[NH+]1CCOCC1)OC(=O)/C=C/C(=O)OC.[Cl-].[HH]. The highest BCUT2D eigenvalue weighted by molar-refractivity contribution is 5.92. The van der Waals surface area contributed by atoms with Gasteiger partial charge in [0.1, 0.15) is 26.2 Å². The molecule has 0 spiro atoms. The topological polar surface area (TPSA) is 119 Å². The second-order valence-electron chi connectivity index (χ2n) is 5.47. The van der Waals surface area contributed by atoms with Crippen LogP contribution in [0.3, 0.4) is 0 Å². The minimum Gasteiger partial charge on any atom is -1.00 e. The van der Waals surface area contributed by atoms with E-state index >= 15 is 0 Å². The number of ether oxygens (including phenoxy) is 5. The number of esters is 4. The summed E-state index contributed by atoms with van der Waals surface area (Å²) in [4.78, 5) is 46.6. The molecule has 1 saturated heterocycles. The number of rotatable bonds is 9. The monoisotopic (exact) mass is 423 g/mol. The molecule has 1 fully saturated rings. The van der Waals surface area contributed by atoms with Crippen LogP contribution >= 0.6 is 0 Å². The minimum absolute atomic E-state index is 0. The summed E-state index contributed by atoms with van der Waals surface area (Å²) in [6, 6.07) is 0. The van der Waals surface area contributed by atoms with Gasteiger partial charge in [0.25, 0.3) is 0 Å². The van der Waals surface area contributed by atoms with Crippen molar-refractivity contribution in [3.8, 4) is 0 Å². The largest absolute Gasteiger partial charge is 1.00 e. The number of carbonyl (C=O) groups excluding carboxylic acids is 4. The zero-order valence-electron chi connectivity index (χ0n) is 15.7. The summed E-state index contributed by atoms with van der Waals surface area (Å²) in [6.45, 7) is 2.81. The molecule has 1 aliphatic heterocycles. The van der Waals surface area contributed by atoms with Crippen LogP contribution in [0.2, 0.25) is 0 Å². The minimum atomic E-state index is -0.775. The molecule has 11 heteroatoms. The van der Waals surface area contributed by atoms with Gasteiger partial charge in [0, 0.05) is 25.7 Å². The van der Waals surface area contributed by atoms with Crippen molar-refractivity contribution >= 4 is 23.9 Å². The van der Waals surface area contributed by atoms with E-state index in [4.69, 9.17) is 14.2 Å². The summed E-state index contributed by atoms with van der Waals surface area (Å²) in [7, 11) is 2.37. The molecule has 1 unspecified atom stereocenters. The fourth-order valence-corrected chi connectivity index (χ4v) is 2.16. The van der Waals surface area contributed by atoms with Crippen molar-refractivity contribution in [3.05, 3.63) is 24.3 Å². The Kier molecular flexibility index (Phi) is 13.3. The van der Waals surface area contributed by atoms with Crippen molar-refractivity contribution in [2.75, 3.05) is 53.7 Å². The van der Waals surface area contributed by atoms with Crippen LogP contribution in [0.4, 0.5) is 0 Å². The van der Waals surface area contributed by atoms with Gasteiger partial charge < -0.3 is 41.0 Å². The van der Waals surface area contributed by atoms with Crippen LogP contribution < -0.4 is 17.3 Å². The Morgan fingerprint density at radius 1 is 0.929 bits per heavy atom.